The van der Waals surface area contributed by atoms with Gasteiger partial charge in [-0.25, -0.2) is 4.98 Å². The van der Waals surface area contributed by atoms with E-state index in [9.17, 15) is 4.79 Å². The number of aryl methyl sites for hydroxylation is 1. The molecule has 6 heteroatoms. The molecule has 1 aliphatic rings. The fourth-order valence-corrected chi connectivity index (χ4v) is 3.41. The summed E-state index contributed by atoms with van der Waals surface area (Å²) in [6, 6.07) is 17.1. The van der Waals surface area contributed by atoms with Gasteiger partial charge in [-0.05, 0) is 42.8 Å². The summed E-state index contributed by atoms with van der Waals surface area (Å²) in [5.74, 6) is 0.602. The molecule has 28 heavy (non-hydrogen) atoms. The van der Waals surface area contributed by atoms with Crippen LogP contribution in [0.2, 0.25) is 0 Å². The van der Waals surface area contributed by atoms with E-state index in [-0.39, 0.29) is 5.91 Å². The van der Waals surface area contributed by atoms with E-state index >= 15 is 0 Å². The summed E-state index contributed by atoms with van der Waals surface area (Å²) in [6.45, 7) is 1.95. The largest absolute Gasteiger partial charge is 0.342 e. The molecule has 0 fully saturated rings. The lowest BCUT2D eigenvalue weighted by Gasteiger charge is -2.23. The number of pyridine rings is 1. The second-order valence-corrected chi connectivity index (χ2v) is 6.77. The number of amides is 1. The molecule has 0 atom stereocenters. The fourth-order valence-electron chi connectivity index (χ4n) is 3.41. The minimum Gasteiger partial charge on any atom is -0.342 e. The Morgan fingerprint density at radius 2 is 1.79 bits per heavy atom. The highest BCUT2D eigenvalue weighted by atomic mass is 16.2. The van der Waals surface area contributed by atoms with Crippen molar-refractivity contribution in [2.45, 2.75) is 6.92 Å². The predicted octanol–water partition coefficient (Wildman–Crippen LogP) is 4.36. The zero-order chi connectivity index (χ0) is 19.8. The minimum absolute atomic E-state index is 0.0633. The molecule has 138 valence electrons. The minimum atomic E-state index is -0.0633. The van der Waals surface area contributed by atoms with Gasteiger partial charge in [0.05, 0.1) is 40.5 Å². The standard InChI is InChI=1S/C22H19N5O/c1-14-10-15(12-23)8-9-17(14)25-21-11-19-20(13-24-21)27(3)22(28)16-6-4-5-7-18(16)26(19)2/h4-11,13H,1-3H3,(H,24,25). The average molecular weight is 369 g/mol. The molecular formula is C22H19N5O. The van der Waals surface area contributed by atoms with Gasteiger partial charge in [0, 0.05) is 25.8 Å². The fraction of sp³-hybridized carbons (Fsp3) is 0.136. The highest BCUT2D eigenvalue weighted by Crippen LogP contribution is 2.40. The Morgan fingerprint density at radius 1 is 1.00 bits per heavy atom. The van der Waals surface area contributed by atoms with Gasteiger partial charge in [0.2, 0.25) is 0 Å². The molecule has 0 radical (unpaired) electrons. The molecule has 3 aromatic rings. The number of anilines is 5. The zero-order valence-electron chi connectivity index (χ0n) is 15.9. The third-order valence-corrected chi connectivity index (χ3v) is 5.00. The first kappa shape index (κ1) is 17.6. The van der Waals surface area contributed by atoms with Gasteiger partial charge in [0.15, 0.2) is 0 Å². The van der Waals surface area contributed by atoms with Crippen LogP contribution in [0.25, 0.3) is 0 Å². The SMILES string of the molecule is Cc1cc(C#N)ccc1Nc1cc2c(cn1)N(C)C(=O)c1ccccc1N2C. The van der Waals surface area contributed by atoms with Crippen LogP contribution in [-0.4, -0.2) is 25.0 Å². The molecule has 1 aromatic heterocycles. The number of aromatic nitrogens is 1. The van der Waals surface area contributed by atoms with Gasteiger partial charge >= 0.3 is 0 Å². The monoisotopic (exact) mass is 369 g/mol. The van der Waals surface area contributed by atoms with Crippen LogP contribution in [0.3, 0.4) is 0 Å². The van der Waals surface area contributed by atoms with Crippen LogP contribution < -0.4 is 15.1 Å². The lowest BCUT2D eigenvalue weighted by molar-refractivity contribution is 0.0994. The molecule has 1 N–H and O–H groups in total. The Balaban J connectivity index is 1.77. The Kier molecular flexibility index (Phi) is 4.21. The molecule has 1 aliphatic heterocycles. The quantitative estimate of drug-likeness (QED) is 0.726. The molecule has 0 saturated heterocycles. The maximum Gasteiger partial charge on any atom is 0.260 e. The molecule has 2 aromatic carbocycles. The number of para-hydroxylation sites is 1. The summed E-state index contributed by atoms with van der Waals surface area (Å²) in [5, 5.41) is 12.4. The van der Waals surface area contributed by atoms with Gasteiger partial charge in [-0.15, -0.1) is 0 Å². The van der Waals surface area contributed by atoms with Crippen molar-refractivity contribution in [2.75, 3.05) is 29.2 Å². The number of nitrogens with zero attached hydrogens (tertiary/aromatic N) is 4. The summed E-state index contributed by atoms with van der Waals surface area (Å²) in [7, 11) is 3.71. The molecule has 4 rings (SSSR count). The average Bonchev–Trinajstić information content (AvgIpc) is 2.80. The first-order chi connectivity index (χ1) is 13.5. The Hall–Kier alpha value is -3.85. The van der Waals surface area contributed by atoms with E-state index < -0.39 is 0 Å². The van der Waals surface area contributed by atoms with E-state index in [0.717, 1.165) is 28.3 Å². The normalized spacial score (nSPS) is 12.7. The van der Waals surface area contributed by atoms with Crippen molar-refractivity contribution in [1.29, 1.82) is 5.26 Å². The van der Waals surface area contributed by atoms with Crippen LogP contribution in [0.15, 0.2) is 54.7 Å². The lowest BCUT2D eigenvalue weighted by Crippen LogP contribution is -2.25. The third kappa shape index (κ3) is 2.83. The van der Waals surface area contributed by atoms with Crippen LogP contribution in [0, 0.1) is 18.3 Å². The molecule has 0 unspecified atom stereocenters. The molecular weight excluding hydrogens is 350 g/mol. The van der Waals surface area contributed by atoms with Crippen molar-refractivity contribution in [3.05, 3.63) is 71.4 Å². The number of benzene rings is 2. The first-order valence-electron chi connectivity index (χ1n) is 8.88. The van der Waals surface area contributed by atoms with Gasteiger partial charge in [-0.3, -0.25) is 4.79 Å². The molecule has 0 spiro atoms. The molecule has 2 heterocycles. The molecule has 6 nitrogen and oxygen atoms in total. The summed E-state index contributed by atoms with van der Waals surface area (Å²) in [6.07, 6.45) is 1.71. The van der Waals surface area contributed by atoms with Crippen molar-refractivity contribution in [1.82, 2.24) is 4.98 Å². The summed E-state index contributed by atoms with van der Waals surface area (Å²) in [5.41, 5.74) is 5.59. The van der Waals surface area contributed by atoms with Crippen LogP contribution in [0.4, 0.5) is 28.6 Å². The van der Waals surface area contributed by atoms with Crippen LogP contribution in [0.1, 0.15) is 21.5 Å². The van der Waals surface area contributed by atoms with E-state index in [2.05, 4.69) is 16.4 Å². The van der Waals surface area contributed by atoms with E-state index in [0.29, 0.717) is 16.9 Å². The number of nitrogens with one attached hydrogen (secondary N) is 1. The van der Waals surface area contributed by atoms with E-state index in [1.165, 1.54) is 0 Å². The Bertz CT molecular complexity index is 1130. The van der Waals surface area contributed by atoms with Gasteiger partial charge in [0.25, 0.3) is 5.91 Å². The van der Waals surface area contributed by atoms with Crippen LogP contribution in [0.5, 0.6) is 0 Å². The van der Waals surface area contributed by atoms with Crippen molar-refractivity contribution in [2.24, 2.45) is 0 Å². The maximum absolute atomic E-state index is 12.9. The highest BCUT2D eigenvalue weighted by Gasteiger charge is 2.27. The first-order valence-corrected chi connectivity index (χ1v) is 8.88. The van der Waals surface area contributed by atoms with Crippen molar-refractivity contribution in [3.63, 3.8) is 0 Å². The topological polar surface area (TPSA) is 72.3 Å². The van der Waals surface area contributed by atoms with E-state index in [4.69, 9.17) is 5.26 Å². The van der Waals surface area contributed by atoms with Crippen LogP contribution >= 0.6 is 0 Å². The zero-order valence-corrected chi connectivity index (χ0v) is 15.9. The molecule has 0 saturated carbocycles. The number of hydrogen-bond acceptors (Lipinski definition) is 5. The predicted molar refractivity (Wildman–Crippen MR) is 111 cm³/mol. The van der Waals surface area contributed by atoms with E-state index in [1.54, 1.807) is 24.2 Å². The van der Waals surface area contributed by atoms with Crippen molar-refractivity contribution < 1.29 is 4.79 Å². The summed E-state index contributed by atoms with van der Waals surface area (Å²) in [4.78, 5) is 21.0. The number of rotatable bonds is 2. The lowest BCUT2D eigenvalue weighted by atomic mass is 10.1. The molecule has 0 aliphatic carbocycles. The summed E-state index contributed by atoms with van der Waals surface area (Å²) < 4.78 is 0. The number of nitriles is 1. The highest BCUT2D eigenvalue weighted by molar-refractivity contribution is 6.13. The van der Waals surface area contributed by atoms with Gasteiger partial charge in [-0.2, -0.15) is 5.26 Å². The number of carbonyl (C=O) groups is 1. The smallest absolute Gasteiger partial charge is 0.260 e. The van der Waals surface area contributed by atoms with Crippen molar-refractivity contribution in [3.8, 4) is 6.07 Å². The third-order valence-electron chi connectivity index (χ3n) is 5.00. The second-order valence-electron chi connectivity index (χ2n) is 6.77. The van der Waals surface area contributed by atoms with Gasteiger partial charge in [-0.1, -0.05) is 12.1 Å². The molecule has 0 bridgehead atoms. The maximum atomic E-state index is 12.9. The molecule has 1 amide bonds. The van der Waals surface area contributed by atoms with Gasteiger partial charge < -0.3 is 15.1 Å². The number of fused-ring (bicyclic) bond motifs is 2. The van der Waals surface area contributed by atoms with Crippen molar-refractivity contribution >= 4 is 34.5 Å². The number of carbonyl (C=O) groups excluding carboxylic acids is 1. The van der Waals surface area contributed by atoms with E-state index in [1.807, 2.05) is 61.3 Å². The second kappa shape index (κ2) is 6.71. The Morgan fingerprint density at radius 3 is 2.54 bits per heavy atom. The van der Waals surface area contributed by atoms with Gasteiger partial charge in [0.1, 0.15) is 5.82 Å². The van der Waals surface area contributed by atoms with Crippen LogP contribution in [-0.2, 0) is 0 Å². The summed E-state index contributed by atoms with van der Waals surface area (Å²) >= 11 is 0. The number of hydrogen-bond donors (Lipinski definition) is 1. The Labute approximate surface area is 163 Å².